The molecule has 1 aromatic heterocycles. The molecule has 3 heterocycles. The van der Waals surface area contributed by atoms with Gasteiger partial charge in [-0.2, -0.15) is 0 Å². The number of carbonyl (C=O) groups excluding carboxylic acids is 1. The molecule has 2 aliphatic rings. The lowest BCUT2D eigenvalue weighted by molar-refractivity contribution is 0.104. The van der Waals surface area contributed by atoms with Crippen molar-refractivity contribution in [3.63, 3.8) is 0 Å². The Morgan fingerprint density at radius 2 is 1.93 bits per heavy atom. The van der Waals surface area contributed by atoms with Crippen LogP contribution in [0, 0.1) is 0 Å². The van der Waals surface area contributed by atoms with E-state index in [4.69, 9.17) is 9.15 Å². The summed E-state index contributed by atoms with van der Waals surface area (Å²) < 4.78 is 10.9. The van der Waals surface area contributed by atoms with Crippen LogP contribution in [0.3, 0.4) is 0 Å². The molecule has 2 atom stereocenters. The van der Waals surface area contributed by atoms with Gasteiger partial charge in [0.1, 0.15) is 11.5 Å². The minimum atomic E-state index is -0.136. The number of nitrogens with zero attached hydrogens (tertiary/aromatic N) is 1. The van der Waals surface area contributed by atoms with Crippen LogP contribution in [0.5, 0.6) is 5.75 Å². The Kier molecular flexibility index (Phi) is 5.34. The molecule has 6 heteroatoms. The summed E-state index contributed by atoms with van der Waals surface area (Å²) >= 11 is 0. The summed E-state index contributed by atoms with van der Waals surface area (Å²) in [6.45, 7) is 3.45. The average molecular weight is 369 g/mol. The zero-order valence-corrected chi connectivity index (χ0v) is 15.7. The number of anilines is 1. The molecule has 2 fully saturated rings. The molecule has 2 aliphatic heterocycles. The summed E-state index contributed by atoms with van der Waals surface area (Å²) in [6, 6.07) is 12.6. The number of hydrogen-bond acceptors (Lipinski definition) is 4. The van der Waals surface area contributed by atoms with E-state index in [2.05, 4.69) is 15.5 Å². The van der Waals surface area contributed by atoms with Gasteiger partial charge in [0.25, 0.3) is 0 Å². The lowest BCUT2D eigenvalue weighted by Crippen LogP contribution is -2.50. The average Bonchev–Trinajstić information content (AvgIpc) is 3.24. The van der Waals surface area contributed by atoms with Gasteiger partial charge in [0, 0.05) is 23.8 Å². The third-order valence-electron chi connectivity index (χ3n) is 5.56. The van der Waals surface area contributed by atoms with E-state index in [0.717, 1.165) is 36.6 Å². The van der Waals surface area contributed by atoms with Crippen LogP contribution in [-0.4, -0.2) is 35.7 Å². The summed E-state index contributed by atoms with van der Waals surface area (Å²) in [5.41, 5.74) is 0.772. The third kappa shape index (κ3) is 4.27. The maximum Gasteiger partial charge on any atom is 0.319 e. The van der Waals surface area contributed by atoms with Crippen molar-refractivity contribution in [3.8, 4) is 5.75 Å². The van der Waals surface area contributed by atoms with Gasteiger partial charge in [0.15, 0.2) is 0 Å². The molecule has 4 rings (SSSR count). The number of fused-ring (bicyclic) bond motifs is 2. The number of ether oxygens (including phenoxy) is 1. The molecule has 0 radical (unpaired) electrons. The van der Waals surface area contributed by atoms with E-state index in [0.29, 0.717) is 18.7 Å². The lowest BCUT2D eigenvalue weighted by Gasteiger charge is -2.38. The van der Waals surface area contributed by atoms with Crippen LogP contribution in [0.4, 0.5) is 10.5 Å². The first-order chi connectivity index (χ1) is 13.2. The highest BCUT2D eigenvalue weighted by molar-refractivity contribution is 5.89. The summed E-state index contributed by atoms with van der Waals surface area (Å²) in [4.78, 5) is 14.9. The Bertz CT molecular complexity index is 731. The van der Waals surface area contributed by atoms with Gasteiger partial charge >= 0.3 is 6.03 Å². The smallest absolute Gasteiger partial charge is 0.319 e. The first-order valence-corrected chi connectivity index (χ1v) is 9.79. The van der Waals surface area contributed by atoms with Crippen LogP contribution in [-0.2, 0) is 6.54 Å². The van der Waals surface area contributed by atoms with Crippen molar-refractivity contribution in [1.82, 2.24) is 10.2 Å². The number of rotatable bonds is 6. The maximum atomic E-state index is 12.4. The molecular formula is C21H27N3O3. The van der Waals surface area contributed by atoms with E-state index in [9.17, 15) is 4.79 Å². The van der Waals surface area contributed by atoms with E-state index in [-0.39, 0.29) is 12.1 Å². The maximum absolute atomic E-state index is 12.4. The van der Waals surface area contributed by atoms with Crippen LogP contribution in [0.1, 0.15) is 38.4 Å². The van der Waals surface area contributed by atoms with Crippen molar-refractivity contribution in [3.05, 3.63) is 48.4 Å². The number of urea groups is 1. The van der Waals surface area contributed by atoms with Crippen LogP contribution in [0.15, 0.2) is 47.1 Å². The number of piperidine rings is 1. The summed E-state index contributed by atoms with van der Waals surface area (Å²) in [7, 11) is 0. The largest absolute Gasteiger partial charge is 0.494 e. The van der Waals surface area contributed by atoms with Crippen molar-refractivity contribution >= 4 is 11.7 Å². The molecular weight excluding hydrogens is 342 g/mol. The second kappa shape index (κ2) is 8.05. The van der Waals surface area contributed by atoms with Gasteiger partial charge in [0.2, 0.25) is 0 Å². The van der Waals surface area contributed by atoms with Crippen LogP contribution in [0.25, 0.3) is 0 Å². The number of nitrogens with one attached hydrogen (secondary N) is 2. The fraction of sp³-hybridized carbons (Fsp3) is 0.476. The Hall–Kier alpha value is -2.47. The monoisotopic (exact) mass is 369 g/mol. The number of carbonyl (C=O) groups is 1. The van der Waals surface area contributed by atoms with Gasteiger partial charge in [-0.3, -0.25) is 4.90 Å². The van der Waals surface area contributed by atoms with Crippen molar-refractivity contribution in [2.75, 3.05) is 11.9 Å². The Morgan fingerprint density at radius 1 is 1.19 bits per heavy atom. The summed E-state index contributed by atoms with van der Waals surface area (Å²) in [6.07, 6.45) is 6.12. The summed E-state index contributed by atoms with van der Waals surface area (Å²) in [5, 5.41) is 6.08. The number of hydrogen-bond donors (Lipinski definition) is 2. The predicted octanol–water partition coefficient (Wildman–Crippen LogP) is 4.00. The van der Waals surface area contributed by atoms with Gasteiger partial charge in [0.05, 0.1) is 19.4 Å². The zero-order valence-electron chi connectivity index (χ0n) is 15.7. The van der Waals surface area contributed by atoms with Gasteiger partial charge in [-0.15, -0.1) is 0 Å². The second-order valence-corrected chi connectivity index (χ2v) is 7.36. The Labute approximate surface area is 159 Å². The topological polar surface area (TPSA) is 66.7 Å². The molecule has 144 valence electrons. The molecule has 2 N–H and O–H groups in total. The van der Waals surface area contributed by atoms with Crippen molar-refractivity contribution in [2.24, 2.45) is 0 Å². The molecule has 2 saturated heterocycles. The SMILES string of the molecule is CCOc1ccc(NC(=O)NC2CC3CCC(C2)N3Cc2ccco2)cc1. The number of furan rings is 1. The van der Waals surface area contributed by atoms with Gasteiger partial charge in [-0.1, -0.05) is 0 Å². The van der Waals surface area contributed by atoms with E-state index in [1.165, 1.54) is 12.8 Å². The first-order valence-electron chi connectivity index (χ1n) is 9.79. The van der Waals surface area contributed by atoms with Crippen LogP contribution in [0.2, 0.25) is 0 Å². The highest BCUT2D eigenvalue weighted by Gasteiger charge is 2.41. The predicted molar refractivity (Wildman–Crippen MR) is 104 cm³/mol. The minimum Gasteiger partial charge on any atom is -0.494 e. The molecule has 0 saturated carbocycles. The van der Waals surface area contributed by atoms with Crippen molar-refractivity contribution < 1.29 is 13.9 Å². The fourth-order valence-corrected chi connectivity index (χ4v) is 4.39. The van der Waals surface area contributed by atoms with E-state index < -0.39 is 0 Å². The van der Waals surface area contributed by atoms with Gasteiger partial charge in [-0.25, -0.2) is 4.79 Å². The molecule has 0 aliphatic carbocycles. The molecule has 0 spiro atoms. The third-order valence-corrected chi connectivity index (χ3v) is 5.56. The molecule has 27 heavy (non-hydrogen) atoms. The van der Waals surface area contributed by atoms with Gasteiger partial charge in [-0.05, 0) is 69.0 Å². The fourth-order valence-electron chi connectivity index (χ4n) is 4.39. The normalized spacial score (nSPS) is 24.6. The molecule has 2 amide bonds. The Balaban J connectivity index is 1.28. The second-order valence-electron chi connectivity index (χ2n) is 7.36. The van der Waals surface area contributed by atoms with Crippen LogP contribution >= 0.6 is 0 Å². The van der Waals surface area contributed by atoms with E-state index >= 15 is 0 Å². The highest BCUT2D eigenvalue weighted by Crippen LogP contribution is 2.36. The molecule has 2 bridgehead atoms. The van der Waals surface area contributed by atoms with Crippen LogP contribution < -0.4 is 15.4 Å². The van der Waals surface area contributed by atoms with E-state index in [1.807, 2.05) is 43.3 Å². The highest BCUT2D eigenvalue weighted by atomic mass is 16.5. The van der Waals surface area contributed by atoms with Crippen molar-refractivity contribution in [2.45, 2.75) is 57.3 Å². The number of benzene rings is 1. The first kappa shape index (κ1) is 17.9. The zero-order chi connectivity index (χ0) is 18.6. The van der Waals surface area contributed by atoms with Crippen molar-refractivity contribution in [1.29, 1.82) is 0 Å². The lowest BCUT2D eigenvalue weighted by atomic mass is 9.97. The Morgan fingerprint density at radius 3 is 2.56 bits per heavy atom. The number of amides is 2. The molecule has 6 nitrogen and oxygen atoms in total. The quantitative estimate of drug-likeness (QED) is 0.808. The molecule has 1 aromatic carbocycles. The van der Waals surface area contributed by atoms with Gasteiger partial charge < -0.3 is 19.8 Å². The standard InChI is InChI=1S/C21H27N3O3/c1-2-26-19-9-5-15(6-10-19)22-21(25)23-16-12-17-7-8-18(13-16)24(17)14-20-4-3-11-27-20/h3-6,9-11,16-18H,2,7-8,12-14H2,1H3,(H2,22,23,25). The van der Waals surface area contributed by atoms with E-state index in [1.54, 1.807) is 6.26 Å². The summed E-state index contributed by atoms with van der Waals surface area (Å²) in [5.74, 6) is 1.83. The minimum absolute atomic E-state index is 0.136. The molecule has 2 unspecified atom stereocenters. The molecule has 2 aromatic rings.